The summed E-state index contributed by atoms with van der Waals surface area (Å²) in [6.45, 7) is 13.3. The molecule has 1 aliphatic heterocycles. The summed E-state index contributed by atoms with van der Waals surface area (Å²) in [6.07, 6.45) is 6.81. The fourth-order valence-electron chi connectivity index (χ4n) is 5.97. The average molecular weight is 601 g/mol. The number of ether oxygens (including phenoxy) is 1. The van der Waals surface area contributed by atoms with Crippen LogP contribution >= 0.6 is 11.6 Å². The number of carboxylic acid groups (broad SMARTS) is 1. The van der Waals surface area contributed by atoms with E-state index in [4.69, 9.17) is 16.3 Å². The number of pyridine rings is 1. The third-order valence-corrected chi connectivity index (χ3v) is 8.58. The Bertz CT molecular complexity index is 1600. The van der Waals surface area contributed by atoms with E-state index < -0.39 is 5.97 Å². The molecule has 0 amide bonds. The SMILES string of the molecule is CC.CC1(C)CCC(CN2CCN(c3ccc(C(=O)O)c(Oc4cnc5[nH]ccc5c4)c3)CC2)=C(c2ccc(Cl)cc2)C1. The lowest BCUT2D eigenvalue weighted by Crippen LogP contribution is -2.47. The first-order valence-corrected chi connectivity index (χ1v) is 15.5. The number of aromatic nitrogens is 2. The maximum Gasteiger partial charge on any atom is 0.339 e. The standard InChI is InChI=1S/C33H35ClN4O3.C2H6/c1-33(2)11-9-24(29(19-33)22-3-5-25(34)6-4-22)21-37-13-15-38(16-14-37)26-7-8-28(32(39)40)30(18-26)41-27-17-23-10-12-35-31(23)36-20-27;1-2/h3-8,10,12,17-18,20H,9,11,13-16,19,21H2,1-2H3,(H,35,36)(H,39,40);1-2H3. The Morgan fingerprint density at radius 3 is 2.51 bits per heavy atom. The average Bonchev–Trinajstić information content (AvgIpc) is 3.48. The van der Waals surface area contributed by atoms with E-state index in [9.17, 15) is 9.90 Å². The number of rotatable bonds is 7. The molecule has 0 radical (unpaired) electrons. The zero-order chi connectivity index (χ0) is 30.6. The number of carbonyl (C=O) groups is 1. The van der Waals surface area contributed by atoms with Gasteiger partial charge in [0.2, 0.25) is 0 Å². The molecule has 2 aromatic heterocycles. The normalized spacial score (nSPS) is 17.0. The predicted molar refractivity (Wildman–Crippen MR) is 176 cm³/mol. The Hall–Kier alpha value is -3.81. The molecule has 6 rings (SSSR count). The predicted octanol–water partition coefficient (Wildman–Crippen LogP) is 8.52. The second-order valence-corrected chi connectivity index (χ2v) is 12.3. The summed E-state index contributed by atoms with van der Waals surface area (Å²) in [7, 11) is 0. The van der Waals surface area contributed by atoms with Crippen molar-refractivity contribution in [3.8, 4) is 11.5 Å². The summed E-state index contributed by atoms with van der Waals surface area (Å²) in [6, 6.07) is 17.4. The van der Waals surface area contributed by atoms with Crippen molar-refractivity contribution < 1.29 is 14.6 Å². The molecule has 8 heteroatoms. The van der Waals surface area contributed by atoms with Crippen LogP contribution in [0.3, 0.4) is 0 Å². The van der Waals surface area contributed by atoms with Gasteiger partial charge in [0.15, 0.2) is 0 Å². The number of hydrogen-bond acceptors (Lipinski definition) is 5. The molecule has 0 atom stereocenters. The van der Waals surface area contributed by atoms with E-state index in [-0.39, 0.29) is 5.56 Å². The topological polar surface area (TPSA) is 81.7 Å². The van der Waals surface area contributed by atoms with Crippen LogP contribution in [-0.2, 0) is 0 Å². The number of nitrogens with one attached hydrogen (secondary N) is 1. The Morgan fingerprint density at radius 2 is 1.79 bits per heavy atom. The van der Waals surface area contributed by atoms with Gasteiger partial charge >= 0.3 is 5.97 Å². The first-order valence-electron chi connectivity index (χ1n) is 15.2. The van der Waals surface area contributed by atoms with E-state index in [2.05, 4.69) is 45.7 Å². The molecule has 2 N–H and O–H groups in total. The van der Waals surface area contributed by atoms with Crippen LogP contribution in [0.1, 0.15) is 62.9 Å². The number of H-pyrrole nitrogens is 1. The highest BCUT2D eigenvalue weighted by Gasteiger charge is 2.29. The van der Waals surface area contributed by atoms with E-state index >= 15 is 0 Å². The van der Waals surface area contributed by atoms with E-state index in [1.807, 2.05) is 56.4 Å². The molecule has 0 bridgehead atoms. The minimum Gasteiger partial charge on any atom is -0.478 e. The Labute approximate surface area is 259 Å². The van der Waals surface area contributed by atoms with Gasteiger partial charge in [-0.2, -0.15) is 0 Å². The largest absolute Gasteiger partial charge is 0.478 e. The molecule has 1 fully saturated rings. The lowest BCUT2D eigenvalue weighted by Gasteiger charge is -2.39. The molecule has 43 heavy (non-hydrogen) atoms. The molecule has 4 aromatic rings. The Kier molecular flexibility index (Phi) is 9.43. The molecule has 0 saturated carbocycles. The number of hydrogen-bond donors (Lipinski definition) is 2. The third kappa shape index (κ3) is 7.23. The van der Waals surface area contributed by atoms with Crippen LogP contribution in [0, 0.1) is 5.41 Å². The number of allylic oxidation sites excluding steroid dienone is 1. The van der Waals surface area contributed by atoms with Gasteiger partial charge in [-0.1, -0.05) is 57.0 Å². The van der Waals surface area contributed by atoms with Crippen LogP contribution in [0.2, 0.25) is 5.02 Å². The van der Waals surface area contributed by atoms with Crippen molar-refractivity contribution in [1.82, 2.24) is 14.9 Å². The lowest BCUT2D eigenvalue weighted by molar-refractivity contribution is 0.0694. The highest BCUT2D eigenvalue weighted by molar-refractivity contribution is 6.30. The van der Waals surface area contributed by atoms with Gasteiger partial charge in [0, 0.05) is 61.1 Å². The van der Waals surface area contributed by atoms with Gasteiger partial charge in [0.25, 0.3) is 0 Å². The number of aromatic amines is 1. The second-order valence-electron chi connectivity index (χ2n) is 11.9. The second kappa shape index (κ2) is 13.2. The quantitative estimate of drug-likeness (QED) is 0.221. The summed E-state index contributed by atoms with van der Waals surface area (Å²) in [5.74, 6) is -0.203. The Balaban J connectivity index is 0.00000180. The third-order valence-electron chi connectivity index (χ3n) is 8.33. The fourth-order valence-corrected chi connectivity index (χ4v) is 6.10. The van der Waals surface area contributed by atoms with Gasteiger partial charge in [-0.15, -0.1) is 0 Å². The van der Waals surface area contributed by atoms with E-state index in [1.54, 1.807) is 12.3 Å². The number of benzene rings is 2. The van der Waals surface area contributed by atoms with Gasteiger partial charge in [0.05, 0.1) is 6.20 Å². The van der Waals surface area contributed by atoms with Gasteiger partial charge in [-0.3, -0.25) is 4.90 Å². The minimum atomic E-state index is -1.02. The number of anilines is 1. The van der Waals surface area contributed by atoms with E-state index in [0.717, 1.165) is 67.3 Å². The summed E-state index contributed by atoms with van der Waals surface area (Å²) in [5.41, 5.74) is 6.43. The van der Waals surface area contributed by atoms with E-state index in [0.29, 0.717) is 16.9 Å². The van der Waals surface area contributed by atoms with Gasteiger partial charge in [-0.05, 0) is 72.2 Å². The molecule has 2 aliphatic rings. The Morgan fingerprint density at radius 1 is 1.05 bits per heavy atom. The first kappa shape index (κ1) is 30.6. The van der Waals surface area contributed by atoms with Crippen molar-refractivity contribution in [2.75, 3.05) is 37.6 Å². The molecule has 7 nitrogen and oxygen atoms in total. The molecule has 1 aliphatic carbocycles. The van der Waals surface area contributed by atoms with Crippen LogP contribution in [-0.4, -0.2) is 58.7 Å². The first-order chi connectivity index (χ1) is 20.7. The highest BCUT2D eigenvalue weighted by atomic mass is 35.5. The zero-order valence-corrected chi connectivity index (χ0v) is 26.2. The molecule has 226 valence electrons. The molecule has 0 spiro atoms. The number of nitrogens with zero attached hydrogens (tertiary/aromatic N) is 3. The van der Waals surface area contributed by atoms with Crippen molar-refractivity contribution in [2.24, 2.45) is 5.41 Å². The molecule has 3 heterocycles. The molecule has 1 saturated heterocycles. The fraction of sp³-hybridized carbons (Fsp3) is 0.371. The lowest BCUT2D eigenvalue weighted by atomic mass is 9.72. The number of carboxylic acids is 1. The van der Waals surface area contributed by atoms with Crippen LogP contribution in [0.4, 0.5) is 5.69 Å². The summed E-state index contributed by atoms with van der Waals surface area (Å²) >= 11 is 6.18. The highest BCUT2D eigenvalue weighted by Crippen LogP contribution is 2.43. The number of piperazine rings is 1. The van der Waals surface area contributed by atoms with Crippen molar-refractivity contribution in [1.29, 1.82) is 0 Å². The summed E-state index contributed by atoms with van der Waals surface area (Å²) in [4.78, 5) is 24.2. The van der Waals surface area contributed by atoms with Crippen molar-refractivity contribution in [3.05, 3.63) is 88.7 Å². The summed E-state index contributed by atoms with van der Waals surface area (Å²) in [5, 5.41) is 11.5. The van der Waals surface area contributed by atoms with Crippen molar-refractivity contribution in [3.63, 3.8) is 0 Å². The van der Waals surface area contributed by atoms with Crippen LogP contribution < -0.4 is 9.64 Å². The van der Waals surface area contributed by atoms with Crippen LogP contribution in [0.25, 0.3) is 16.6 Å². The molecular weight excluding hydrogens is 560 g/mol. The van der Waals surface area contributed by atoms with Crippen LogP contribution in [0.15, 0.2) is 72.6 Å². The number of fused-ring (bicyclic) bond motifs is 1. The summed E-state index contributed by atoms with van der Waals surface area (Å²) < 4.78 is 6.07. The number of halogens is 1. The monoisotopic (exact) mass is 600 g/mol. The van der Waals surface area contributed by atoms with Crippen LogP contribution in [0.5, 0.6) is 11.5 Å². The smallest absolute Gasteiger partial charge is 0.339 e. The van der Waals surface area contributed by atoms with Crippen molar-refractivity contribution in [2.45, 2.75) is 47.0 Å². The van der Waals surface area contributed by atoms with E-state index in [1.165, 1.54) is 23.1 Å². The van der Waals surface area contributed by atoms with Gasteiger partial charge in [0.1, 0.15) is 22.7 Å². The van der Waals surface area contributed by atoms with Crippen molar-refractivity contribution >= 4 is 39.9 Å². The maximum atomic E-state index is 12.0. The van der Waals surface area contributed by atoms with Gasteiger partial charge in [-0.25, -0.2) is 9.78 Å². The number of aromatic carboxylic acids is 1. The zero-order valence-electron chi connectivity index (χ0n) is 25.5. The molecule has 2 aromatic carbocycles. The molecule has 0 unspecified atom stereocenters. The molecular formula is C35H41ClN4O3. The van der Waals surface area contributed by atoms with Gasteiger partial charge < -0.3 is 19.7 Å². The minimum absolute atomic E-state index is 0.128. The maximum absolute atomic E-state index is 12.0.